The molecule has 100 valence electrons. The lowest BCUT2D eigenvalue weighted by molar-refractivity contribution is 0.710. The Balaban J connectivity index is 2.28. The molecule has 0 radical (unpaired) electrons. The highest BCUT2D eigenvalue weighted by Crippen LogP contribution is 2.25. The van der Waals surface area contributed by atoms with E-state index < -0.39 is 0 Å². The quantitative estimate of drug-likeness (QED) is 0.873. The summed E-state index contributed by atoms with van der Waals surface area (Å²) in [6.45, 7) is 8.57. The minimum absolute atomic E-state index is 0.0717. The molecule has 2 aromatic rings. The molecule has 1 nitrogen and oxygen atoms in total. The van der Waals surface area contributed by atoms with Crippen molar-refractivity contribution >= 4 is 0 Å². The van der Waals surface area contributed by atoms with Gasteiger partial charge in [-0.2, -0.15) is 0 Å². The second-order valence-electron chi connectivity index (χ2n) is 5.61. The van der Waals surface area contributed by atoms with Gasteiger partial charge in [0.15, 0.2) is 0 Å². The molecule has 0 aliphatic rings. The first-order valence-electron chi connectivity index (χ1n) is 6.86. The molecule has 19 heavy (non-hydrogen) atoms. The second-order valence-corrected chi connectivity index (χ2v) is 5.61. The van der Waals surface area contributed by atoms with Crippen molar-refractivity contribution in [2.24, 2.45) is 5.73 Å². The fraction of sp³-hybridized carbons (Fsp3) is 0.333. The first-order valence-corrected chi connectivity index (χ1v) is 6.86. The lowest BCUT2D eigenvalue weighted by Gasteiger charge is -2.18. The van der Waals surface area contributed by atoms with Crippen LogP contribution < -0.4 is 5.73 Å². The molecule has 0 aromatic heterocycles. The summed E-state index contributed by atoms with van der Waals surface area (Å²) in [5.41, 5.74) is 14.2. The van der Waals surface area contributed by atoms with E-state index in [1.165, 1.54) is 33.4 Å². The van der Waals surface area contributed by atoms with Crippen molar-refractivity contribution in [2.75, 3.05) is 0 Å². The van der Waals surface area contributed by atoms with E-state index in [2.05, 4.69) is 64.1 Å². The van der Waals surface area contributed by atoms with Gasteiger partial charge in [0.25, 0.3) is 0 Å². The number of aryl methyl sites for hydroxylation is 4. The van der Waals surface area contributed by atoms with Gasteiger partial charge in [-0.25, -0.2) is 0 Å². The minimum atomic E-state index is 0.0717. The maximum atomic E-state index is 6.43. The Kier molecular flexibility index (Phi) is 4.06. The molecule has 2 aromatic carbocycles. The molecule has 2 rings (SSSR count). The number of nitrogens with two attached hydrogens (primary N) is 1. The zero-order valence-electron chi connectivity index (χ0n) is 12.3. The van der Waals surface area contributed by atoms with Gasteiger partial charge in [-0.05, 0) is 56.4 Å². The Hall–Kier alpha value is -1.60. The molecule has 0 spiro atoms. The monoisotopic (exact) mass is 253 g/mol. The van der Waals surface area contributed by atoms with Gasteiger partial charge in [-0.1, -0.05) is 47.5 Å². The second kappa shape index (κ2) is 5.58. The van der Waals surface area contributed by atoms with Crippen LogP contribution in [0.4, 0.5) is 0 Å². The molecule has 1 heteroatoms. The molecular weight excluding hydrogens is 230 g/mol. The van der Waals surface area contributed by atoms with Crippen molar-refractivity contribution in [3.63, 3.8) is 0 Å². The van der Waals surface area contributed by atoms with E-state index in [1.807, 2.05) is 0 Å². The summed E-state index contributed by atoms with van der Waals surface area (Å²) < 4.78 is 0. The molecule has 0 aliphatic carbocycles. The predicted molar refractivity (Wildman–Crippen MR) is 82.5 cm³/mol. The van der Waals surface area contributed by atoms with Crippen LogP contribution in [0.5, 0.6) is 0 Å². The van der Waals surface area contributed by atoms with Crippen LogP contribution in [-0.2, 0) is 6.42 Å². The first-order chi connectivity index (χ1) is 8.97. The highest BCUT2D eigenvalue weighted by atomic mass is 14.6. The summed E-state index contributed by atoms with van der Waals surface area (Å²) >= 11 is 0. The first kappa shape index (κ1) is 13.8. The number of hydrogen-bond acceptors (Lipinski definition) is 1. The van der Waals surface area contributed by atoms with Crippen LogP contribution >= 0.6 is 0 Å². The molecule has 2 N–H and O–H groups in total. The molecule has 0 heterocycles. The molecule has 0 fully saturated rings. The van der Waals surface area contributed by atoms with Crippen LogP contribution in [0, 0.1) is 27.7 Å². The highest BCUT2D eigenvalue weighted by molar-refractivity contribution is 5.40. The summed E-state index contributed by atoms with van der Waals surface area (Å²) in [4.78, 5) is 0. The number of benzene rings is 2. The SMILES string of the molecule is Cc1cccc(CC(N)c2c(C)cc(C)cc2C)c1. The normalized spacial score (nSPS) is 12.5. The van der Waals surface area contributed by atoms with Crippen LogP contribution in [0.1, 0.15) is 39.4 Å². The van der Waals surface area contributed by atoms with Gasteiger partial charge in [-0.3, -0.25) is 0 Å². The Morgan fingerprint density at radius 2 is 1.53 bits per heavy atom. The predicted octanol–water partition coefficient (Wildman–Crippen LogP) is 4.16. The van der Waals surface area contributed by atoms with Crippen molar-refractivity contribution < 1.29 is 0 Å². The zero-order valence-corrected chi connectivity index (χ0v) is 12.3. The fourth-order valence-electron chi connectivity index (χ4n) is 2.97. The van der Waals surface area contributed by atoms with E-state index in [4.69, 9.17) is 5.73 Å². The number of hydrogen-bond donors (Lipinski definition) is 1. The van der Waals surface area contributed by atoms with E-state index in [0.717, 1.165) is 6.42 Å². The van der Waals surface area contributed by atoms with E-state index in [9.17, 15) is 0 Å². The third-order valence-electron chi connectivity index (χ3n) is 3.65. The van der Waals surface area contributed by atoms with Gasteiger partial charge in [0, 0.05) is 6.04 Å². The largest absolute Gasteiger partial charge is 0.324 e. The van der Waals surface area contributed by atoms with E-state index in [-0.39, 0.29) is 6.04 Å². The van der Waals surface area contributed by atoms with Crippen LogP contribution in [0.2, 0.25) is 0 Å². The molecule has 1 atom stereocenters. The van der Waals surface area contributed by atoms with Crippen molar-refractivity contribution in [1.82, 2.24) is 0 Å². The average molecular weight is 253 g/mol. The van der Waals surface area contributed by atoms with Crippen molar-refractivity contribution in [3.05, 3.63) is 69.8 Å². The summed E-state index contributed by atoms with van der Waals surface area (Å²) in [5, 5.41) is 0. The van der Waals surface area contributed by atoms with Crippen LogP contribution in [0.3, 0.4) is 0 Å². The molecule has 0 amide bonds. The van der Waals surface area contributed by atoms with E-state index in [1.54, 1.807) is 0 Å². The minimum Gasteiger partial charge on any atom is -0.324 e. The third kappa shape index (κ3) is 3.24. The Bertz CT molecular complexity index is 561. The fourth-order valence-corrected chi connectivity index (χ4v) is 2.97. The van der Waals surface area contributed by atoms with Gasteiger partial charge in [-0.15, -0.1) is 0 Å². The molecular formula is C18H23N. The van der Waals surface area contributed by atoms with Crippen molar-refractivity contribution in [1.29, 1.82) is 0 Å². The lowest BCUT2D eigenvalue weighted by atomic mass is 9.91. The molecule has 0 aliphatic heterocycles. The molecule has 0 bridgehead atoms. The van der Waals surface area contributed by atoms with Gasteiger partial charge in [0.05, 0.1) is 0 Å². The zero-order chi connectivity index (χ0) is 14.0. The van der Waals surface area contributed by atoms with Gasteiger partial charge in [0.2, 0.25) is 0 Å². The number of rotatable bonds is 3. The molecule has 1 unspecified atom stereocenters. The van der Waals surface area contributed by atoms with Crippen LogP contribution in [0.25, 0.3) is 0 Å². The summed E-state index contributed by atoms with van der Waals surface area (Å²) in [6.07, 6.45) is 0.895. The van der Waals surface area contributed by atoms with Crippen LogP contribution in [0.15, 0.2) is 36.4 Å². The Labute approximate surface area is 116 Å². The topological polar surface area (TPSA) is 26.0 Å². The maximum absolute atomic E-state index is 6.43. The van der Waals surface area contributed by atoms with E-state index >= 15 is 0 Å². The highest BCUT2D eigenvalue weighted by Gasteiger charge is 2.13. The van der Waals surface area contributed by atoms with Crippen LogP contribution in [-0.4, -0.2) is 0 Å². The Morgan fingerprint density at radius 1 is 0.895 bits per heavy atom. The maximum Gasteiger partial charge on any atom is 0.0341 e. The Morgan fingerprint density at radius 3 is 2.11 bits per heavy atom. The smallest absolute Gasteiger partial charge is 0.0341 e. The molecule has 0 saturated heterocycles. The standard InChI is InChI=1S/C18H23N/c1-12-6-5-7-16(10-12)11-17(19)18-14(3)8-13(2)9-15(18)4/h5-10,17H,11,19H2,1-4H3. The summed E-state index contributed by atoms with van der Waals surface area (Å²) in [7, 11) is 0. The van der Waals surface area contributed by atoms with Gasteiger partial charge >= 0.3 is 0 Å². The van der Waals surface area contributed by atoms with Crippen molar-refractivity contribution in [2.45, 2.75) is 40.2 Å². The van der Waals surface area contributed by atoms with Crippen molar-refractivity contribution in [3.8, 4) is 0 Å². The van der Waals surface area contributed by atoms with Gasteiger partial charge < -0.3 is 5.73 Å². The summed E-state index contributed by atoms with van der Waals surface area (Å²) in [6, 6.07) is 13.1. The molecule has 0 saturated carbocycles. The summed E-state index contributed by atoms with van der Waals surface area (Å²) in [5.74, 6) is 0. The lowest BCUT2D eigenvalue weighted by Crippen LogP contribution is -2.16. The van der Waals surface area contributed by atoms with Gasteiger partial charge in [0.1, 0.15) is 0 Å². The third-order valence-corrected chi connectivity index (χ3v) is 3.65. The average Bonchev–Trinajstić information content (AvgIpc) is 2.27. The van der Waals surface area contributed by atoms with E-state index in [0.29, 0.717) is 0 Å².